The highest BCUT2D eigenvalue weighted by Crippen LogP contribution is 2.42. The molecule has 0 bridgehead atoms. The van der Waals surface area contributed by atoms with E-state index in [1.165, 1.54) is 32.4 Å². The zero-order valence-corrected chi connectivity index (χ0v) is 21.0. The highest BCUT2D eigenvalue weighted by Gasteiger charge is 2.49. The van der Waals surface area contributed by atoms with Crippen LogP contribution in [0.3, 0.4) is 0 Å². The highest BCUT2D eigenvalue weighted by molar-refractivity contribution is 14.0. The number of hydrogen-bond acceptors (Lipinski definition) is 4. The molecule has 1 aliphatic heterocycles. The standard InChI is InChI=1S/C21H42N4O2.HI/c1-6-7-13-27-19-15-18(21(19,2)3)24-20(22-4)23-16-17-8-10-25(11-9-17)12-14-26-5;/h17-19H,6-16H2,1-5H3,(H2,22,23,24);1H. The van der Waals surface area contributed by atoms with Gasteiger partial charge < -0.3 is 25.0 Å². The molecule has 1 saturated heterocycles. The second-order valence-electron chi connectivity index (χ2n) is 8.70. The summed E-state index contributed by atoms with van der Waals surface area (Å²) in [5, 5.41) is 7.18. The van der Waals surface area contributed by atoms with Gasteiger partial charge in [-0.25, -0.2) is 0 Å². The molecule has 2 aliphatic rings. The van der Waals surface area contributed by atoms with Gasteiger partial charge in [-0.1, -0.05) is 27.2 Å². The van der Waals surface area contributed by atoms with Gasteiger partial charge in [-0.2, -0.15) is 0 Å². The zero-order chi connectivity index (χ0) is 19.7. The van der Waals surface area contributed by atoms with E-state index in [1.807, 2.05) is 7.05 Å². The van der Waals surface area contributed by atoms with Crippen molar-refractivity contribution in [3.05, 3.63) is 0 Å². The molecule has 1 heterocycles. The third-order valence-electron chi connectivity index (χ3n) is 6.41. The molecule has 2 atom stereocenters. The highest BCUT2D eigenvalue weighted by atomic mass is 127. The average Bonchev–Trinajstić information content (AvgIpc) is 2.68. The number of methoxy groups -OCH3 is 1. The number of nitrogens with one attached hydrogen (secondary N) is 2. The fourth-order valence-electron chi connectivity index (χ4n) is 4.02. The molecule has 6 nitrogen and oxygen atoms in total. The maximum absolute atomic E-state index is 6.06. The summed E-state index contributed by atoms with van der Waals surface area (Å²) in [4.78, 5) is 6.95. The van der Waals surface area contributed by atoms with E-state index in [4.69, 9.17) is 9.47 Å². The molecule has 1 aliphatic carbocycles. The number of likely N-dealkylation sites (tertiary alicyclic amines) is 1. The van der Waals surface area contributed by atoms with Gasteiger partial charge in [-0.05, 0) is 44.7 Å². The second-order valence-corrected chi connectivity index (χ2v) is 8.70. The van der Waals surface area contributed by atoms with Crippen molar-refractivity contribution < 1.29 is 9.47 Å². The van der Waals surface area contributed by atoms with Crippen molar-refractivity contribution >= 4 is 29.9 Å². The molecule has 28 heavy (non-hydrogen) atoms. The minimum atomic E-state index is 0. The van der Waals surface area contributed by atoms with Crippen LogP contribution < -0.4 is 10.6 Å². The molecule has 7 heteroatoms. The molecule has 2 rings (SSSR count). The summed E-state index contributed by atoms with van der Waals surface area (Å²) >= 11 is 0. The maximum Gasteiger partial charge on any atom is 0.191 e. The normalized spacial score (nSPS) is 25.7. The molecule has 0 aromatic heterocycles. The van der Waals surface area contributed by atoms with Crippen molar-refractivity contribution in [2.45, 2.75) is 65.0 Å². The van der Waals surface area contributed by atoms with Crippen LogP contribution in [0.2, 0.25) is 0 Å². The molecular formula is C21H43IN4O2. The van der Waals surface area contributed by atoms with Gasteiger partial charge in [0.05, 0.1) is 12.7 Å². The van der Waals surface area contributed by atoms with Crippen LogP contribution in [-0.2, 0) is 9.47 Å². The Labute approximate surface area is 189 Å². The van der Waals surface area contributed by atoms with Gasteiger partial charge in [0.25, 0.3) is 0 Å². The van der Waals surface area contributed by atoms with E-state index in [9.17, 15) is 0 Å². The molecular weight excluding hydrogens is 467 g/mol. The Balaban J connectivity index is 0.00000392. The van der Waals surface area contributed by atoms with Crippen molar-refractivity contribution in [1.29, 1.82) is 0 Å². The number of hydrogen-bond donors (Lipinski definition) is 2. The maximum atomic E-state index is 6.06. The van der Waals surface area contributed by atoms with Gasteiger partial charge in [-0.3, -0.25) is 4.99 Å². The largest absolute Gasteiger partial charge is 0.383 e. The molecule has 2 fully saturated rings. The summed E-state index contributed by atoms with van der Waals surface area (Å²) in [7, 11) is 3.64. The smallest absolute Gasteiger partial charge is 0.191 e. The fraction of sp³-hybridized carbons (Fsp3) is 0.952. The summed E-state index contributed by atoms with van der Waals surface area (Å²) in [6.45, 7) is 12.9. The SMILES string of the molecule is CCCCOC1CC(NC(=NC)NCC2CCN(CCOC)CC2)C1(C)C.I. The van der Waals surface area contributed by atoms with Crippen LogP contribution in [0.25, 0.3) is 0 Å². The lowest BCUT2D eigenvalue weighted by atomic mass is 9.64. The van der Waals surface area contributed by atoms with Gasteiger partial charge in [0, 0.05) is 45.3 Å². The van der Waals surface area contributed by atoms with E-state index in [2.05, 4.69) is 41.3 Å². The van der Waals surface area contributed by atoms with Crippen LogP contribution in [0.15, 0.2) is 4.99 Å². The first-order chi connectivity index (χ1) is 13.0. The van der Waals surface area contributed by atoms with E-state index in [0.29, 0.717) is 12.1 Å². The lowest BCUT2D eigenvalue weighted by molar-refractivity contribution is -0.113. The van der Waals surface area contributed by atoms with Gasteiger partial charge in [0.2, 0.25) is 0 Å². The zero-order valence-electron chi connectivity index (χ0n) is 18.6. The summed E-state index contributed by atoms with van der Waals surface area (Å²) in [5.41, 5.74) is 0.151. The molecule has 2 N–H and O–H groups in total. The van der Waals surface area contributed by atoms with Crippen LogP contribution in [0.1, 0.15) is 52.9 Å². The number of unbranched alkanes of at least 4 members (excludes halogenated alkanes) is 1. The number of aliphatic imine (C=N–C) groups is 1. The molecule has 166 valence electrons. The number of rotatable bonds is 10. The number of ether oxygens (including phenoxy) is 2. The van der Waals surface area contributed by atoms with E-state index in [0.717, 1.165) is 51.0 Å². The third-order valence-corrected chi connectivity index (χ3v) is 6.41. The number of halogens is 1. The minimum Gasteiger partial charge on any atom is -0.383 e. The van der Waals surface area contributed by atoms with E-state index in [1.54, 1.807) is 7.11 Å². The summed E-state index contributed by atoms with van der Waals surface area (Å²) in [6.07, 6.45) is 6.26. The summed E-state index contributed by atoms with van der Waals surface area (Å²) < 4.78 is 11.2. The van der Waals surface area contributed by atoms with Crippen molar-refractivity contribution in [2.24, 2.45) is 16.3 Å². The molecule has 0 amide bonds. The first kappa shape index (κ1) is 25.9. The van der Waals surface area contributed by atoms with Crippen molar-refractivity contribution in [1.82, 2.24) is 15.5 Å². The van der Waals surface area contributed by atoms with Crippen LogP contribution in [0.4, 0.5) is 0 Å². The van der Waals surface area contributed by atoms with Gasteiger partial charge in [-0.15, -0.1) is 24.0 Å². The molecule has 0 spiro atoms. The quantitative estimate of drug-likeness (QED) is 0.205. The Kier molecular flexibility index (Phi) is 12.3. The summed E-state index contributed by atoms with van der Waals surface area (Å²) in [5.74, 6) is 1.66. The fourth-order valence-corrected chi connectivity index (χ4v) is 4.02. The van der Waals surface area contributed by atoms with E-state index < -0.39 is 0 Å². The van der Waals surface area contributed by atoms with Gasteiger partial charge in [0.15, 0.2) is 5.96 Å². The van der Waals surface area contributed by atoms with Crippen LogP contribution in [-0.4, -0.2) is 76.6 Å². The number of nitrogens with zero attached hydrogens (tertiary/aromatic N) is 2. The Morgan fingerprint density at radius 3 is 2.50 bits per heavy atom. The Hall–Kier alpha value is -0.120. The Morgan fingerprint density at radius 2 is 1.93 bits per heavy atom. The average molecular weight is 511 g/mol. The molecule has 0 aromatic rings. The predicted octanol–water partition coefficient (Wildman–Crippen LogP) is 3.11. The molecule has 1 saturated carbocycles. The molecule has 0 radical (unpaired) electrons. The second kappa shape index (κ2) is 13.2. The first-order valence-electron chi connectivity index (χ1n) is 10.8. The topological polar surface area (TPSA) is 58.1 Å². The van der Waals surface area contributed by atoms with Crippen molar-refractivity contribution in [3.8, 4) is 0 Å². The first-order valence-corrected chi connectivity index (χ1v) is 10.8. The monoisotopic (exact) mass is 510 g/mol. The van der Waals surface area contributed by atoms with Crippen molar-refractivity contribution in [2.75, 3.05) is 53.6 Å². The minimum absolute atomic E-state index is 0. The molecule has 0 aromatic carbocycles. The van der Waals surface area contributed by atoms with E-state index >= 15 is 0 Å². The van der Waals surface area contributed by atoms with Crippen LogP contribution in [0, 0.1) is 11.3 Å². The molecule has 2 unspecified atom stereocenters. The van der Waals surface area contributed by atoms with Crippen molar-refractivity contribution in [3.63, 3.8) is 0 Å². The van der Waals surface area contributed by atoms with Crippen LogP contribution >= 0.6 is 24.0 Å². The number of piperidine rings is 1. The lowest BCUT2D eigenvalue weighted by Gasteiger charge is -2.52. The van der Waals surface area contributed by atoms with Gasteiger partial charge in [0.1, 0.15) is 0 Å². The van der Waals surface area contributed by atoms with E-state index in [-0.39, 0.29) is 29.4 Å². The Bertz CT molecular complexity index is 454. The Morgan fingerprint density at radius 1 is 1.21 bits per heavy atom. The third kappa shape index (κ3) is 7.61. The summed E-state index contributed by atoms with van der Waals surface area (Å²) in [6, 6.07) is 0.422. The number of guanidine groups is 1. The van der Waals surface area contributed by atoms with Gasteiger partial charge >= 0.3 is 0 Å². The lowest BCUT2D eigenvalue weighted by Crippen LogP contribution is -2.63. The van der Waals surface area contributed by atoms with Crippen LogP contribution in [0.5, 0.6) is 0 Å². The predicted molar refractivity (Wildman–Crippen MR) is 128 cm³/mol.